The number of hydrogen-bond acceptors (Lipinski definition) is 4. The van der Waals surface area contributed by atoms with Crippen LogP contribution in [0.2, 0.25) is 0 Å². The zero-order chi connectivity index (χ0) is 19.6. The minimum atomic E-state index is -0.568. The van der Waals surface area contributed by atoms with Crippen molar-refractivity contribution in [2.45, 2.75) is 19.9 Å². The predicted molar refractivity (Wildman–Crippen MR) is 104 cm³/mol. The molecule has 2 amide bonds. The Morgan fingerprint density at radius 2 is 1.33 bits per heavy atom. The summed E-state index contributed by atoms with van der Waals surface area (Å²) in [6.45, 7) is 3.90. The lowest BCUT2D eigenvalue weighted by Gasteiger charge is -2.42. The maximum absolute atomic E-state index is 13.3. The van der Waals surface area contributed by atoms with Crippen LogP contribution in [-0.4, -0.2) is 38.6 Å². The van der Waals surface area contributed by atoms with Crippen molar-refractivity contribution < 1.29 is 19.1 Å². The van der Waals surface area contributed by atoms with Crippen LogP contribution in [0.1, 0.15) is 13.8 Å². The molecular formula is C21H24N2O4. The lowest BCUT2D eigenvalue weighted by Crippen LogP contribution is -2.62. The van der Waals surface area contributed by atoms with Crippen LogP contribution in [0.25, 0.3) is 0 Å². The smallest absolute Gasteiger partial charge is 0.250 e. The van der Waals surface area contributed by atoms with Gasteiger partial charge in [-0.3, -0.25) is 14.5 Å². The number of piperazine rings is 1. The molecule has 27 heavy (non-hydrogen) atoms. The average Bonchev–Trinajstić information content (AvgIpc) is 2.69. The van der Waals surface area contributed by atoms with E-state index in [1.807, 2.05) is 26.0 Å². The molecule has 1 heterocycles. The van der Waals surface area contributed by atoms with Gasteiger partial charge in [0.2, 0.25) is 5.91 Å². The van der Waals surface area contributed by atoms with Crippen LogP contribution in [0.4, 0.5) is 11.4 Å². The molecule has 2 aromatic rings. The summed E-state index contributed by atoms with van der Waals surface area (Å²) in [7, 11) is 3.18. The van der Waals surface area contributed by atoms with Crippen LogP contribution in [0.5, 0.6) is 11.5 Å². The highest BCUT2D eigenvalue weighted by Gasteiger charge is 2.42. The second kappa shape index (κ2) is 7.70. The van der Waals surface area contributed by atoms with E-state index in [0.717, 1.165) is 0 Å². The van der Waals surface area contributed by atoms with Crippen molar-refractivity contribution in [1.29, 1.82) is 0 Å². The number of carbonyl (C=O) groups is 2. The molecule has 1 aliphatic heterocycles. The molecule has 0 saturated carbocycles. The molecule has 1 atom stereocenters. The van der Waals surface area contributed by atoms with Gasteiger partial charge in [-0.2, -0.15) is 0 Å². The third-order valence-corrected chi connectivity index (χ3v) is 4.73. The number of nitrogens with zero attached hydrogens (tertiary/aromatic N) is 2. The van der Waals surface area contributed by atoms with Crippen LogP contribution in [0.3, 0.4) is 0 Å². The van der Waals surface area contributed by atoms with Gasteiger partial charge in [0.15, 0.2) is 0 Å². The van der Waals surface area contributed by atoms with Gasteiger partial charge in [0.1, 0.15) is 24.1 Å². The molecule has 0 aromatic heterocycles. The molecule has 6 heteroatoms. The zero-order valence-electron chi connectivity index (χ0n) is 16.0. The van der Waals surface area contributed by atoms with E-state index in [1.165, 1.54) is 0 Å². The Kier molecular flexibility index (Phi) is 5.35. The van der Waals surface area contributed by atoms with E-state index in [2.05, 4.69) is 0 Å². The van der Waals surface area contributed by atoms with Gasteiger partial charge < -0.3 is 14.4 Å². The Labute approximate surface area is 159 Å². The lowest BCUT2D eigenvalue weighted by atomic mass is 9.97. The number of anilines is 2. The summed E-state index contributed by atoms with van der Waals surface area (Å²) in [6.07, 6.45) is 0. The summed E-state index contributed by atoms with van der Waals surface area (Å²) in [5.41, 5.74) is 1.39. The van der Waals surface area contributed by atoms with Gasteiger partial charge in [-0.05, 0) is 54.4 Å². The van der Waals surface area contributed by atoms with Gasteiger partial charge in [0, 0.05) is 11.4 Å². The summed E-state index contributed by atoms with van der Waals surface area (Å²) in [4.78, 5) is 29.4. The fourth-order valence-corrected chi connectivity index (χ4v) is 3.33. The number of benzene rings is 2. The molecule has 0 unspecified atom stereocenters. The molecule has 3 rings (SSSR count). The molecule has 6 nitrogen and oxygen atoms in total. The summed E-state index contributed by atoms with van der Waals surface area (Å²) < 4.78 is 10.4. The molecule has 1 aliphatic rings. The standard InChI is InChI=1S/C21H24N2O4/c1-14(2)20-21(25)22(15-5-9-17(26-3)10-6-15)13-19(24)23(20)16-7-11-18(27-4)12-8-16/h5-12,14,20H,13H2,1-4H3/t20-/m0/s1. The summed E-state index contributed by atoms with van der Waals surface area (Å²) in [5, 5.41) is 0. The first-order valence-corrected chi connectivity index (χ1v) is 8.87. The molecule has 0 aliphatic carbocycles. The first-order chi connectivity index (χ1) is 13.0. The van der Waals surface area contributed by atoms with Crippen molar-refractivity contribution in [3.8, 4) is 11.5 Å². The van der Waals surface area contributed by atoms with Crippen LogP contribution in [-0.2, 0) is 9.59 Å². The highest BCUT2D eigenvalue weighted by Crippen LogP contribution is 2.31. The molecule has 0 N–H and O–H groups in total. The largest absolute Gasteiger partial charge is 0.497 e. The molecule has 0 radical (unpaired) electrons. The Hall–Kier alpha value is -3.02. The van der Waals surface area contributed by atoms with Crippen LogP contribution in [0.15, 0.2) is 48.5 Å². The van der Waals surface area contributed by atoms with Gasteiger partial charge in [-0.1, -0.05) is 13.8 Å². The molecule has 1 fully saturated rings. The van der Waals surface area contributed by atoms with E-state index in [-0.39, 0.29) is 24.3 Å². The van der Waals surface area contributed by atoms with Gasteiger partial charge in [0.05, 0.1) is 14.2 Å². The van der Waals surface area contributed by atoms with Crippen molar-refractivity contribution >= 4 is 23.2 Å². The topological polar surface area (TPSA) is 59.1 Å². The minimum absolute atomic E-state index is 0.000408. The normalized spacial score (nSPS) is 17.4. The Balaban J connectivity index is 1.94. The summed E-state index contributed by atoms with van der Waals surface area (Å²) in [6, 6.07) is 13.8. The Morgan fingerprint density at radius 1 is 0.852 bits per heavy atom. The van der Waals surface area contributed by atoms with E-state index in [4.69, 9.17) is 9.47 Å². The predicted octanol–water partition coefficient (Wildman–Crippen LogP) is 3.11. The summed E-state index contributed by atoms with van der Waals surface area (Å²) >= 11 is 0. The molecule has 142 valence electrons. The maximum Gasteiger partial charge on any atom is 0.250 e. The SMILES string of the molecule is COc1ccc(N2CC(=O)N(c3ccc(OC)cc3)[C@@H](C(C)C)C2=O)cc1. The number of ether oxygens (including phenoxy) is 2. The van der Waals surface area contributed by atoms with Crippen molar-refractivity contribution in [3.05, 3.63) is 48.5 Å². The second-order valence-electron chi connectivity index (χ2n) is 6.77. The molecule has 0 spiro atoms. The molecule has 1 saturated heterocycles. The molecule has 0 bridgehead atoms. The first kappa shape index (κ1) is 18.8. The monoisotopic (exact) mass is 368 g/mol. The highest BCUT2D eigenvalue weighted by atomic mass is 16.5. The van der Waals surface area contributed by atoms with Crippen molar-refractivity contribution in [2.24, 2.45) is 5.92 Å². The lowest BCUT2D eigenvalue weighted by molar-refractivity contribution is -0.129. The quantitative estimate of drug-likeness (QED) is 0.814. The Morgan fingerprint density at radius 3 is 1.78 bits per heavy atom. The van der Waals surface area contributed by atoms with Crippen molar-refractivity contribution in [1.82, 2.24) is 0 Å². The van der Waals surface area contributed by atoms with Crippen LogP contribution >= 0.6 is 0 Å². The van der Waals surface area contributed by atoms with E-state index >= 15 is 0 Å². The second-order valence-corrected chi connectivity index (χ2v) is 6.77. The van der Waals surface area contributed by atoms with Crippen LogP contribution in [0, 0.1) is 5.92 Å². The maximum atomic E-state index is 13.3. The molecule has 2 aromatic carbocycles. The van der Waals surface area contributed by atoms with Gasteiger partial charge in [-0.25, -0.2) is 0 Å². The van der Waals surface area contributed by atoms with Gasteiger partial charge in [-0.15, -0.1) is 0 Å². The molecular weight excluding hydrogens is 344 g/mol. The van der Waals surface area contributed by atoms with E-state index < -0.39 is 6.04 Å². The van der Waals surface area contributed by atoms with Crippen molar-refractivity contribution in [2.75, 3.05) is 30.6 Å². The zero-order valence-corrected chi connectivity index (χ0v) is 16.0. The van der Waals surface area contributed by atoms with E-state index in [0.29, 0.717) is 22.9 Å². The average molecular weight is 368 g/mol. The fourth-order valence-electron chi connectivity index (χ4n) is 3.33. The van der Waals surface area contributed by atoms with Gasteiger partial charge >= 0.3 is 0 Å². The highest BCUT2D eigenvalue weighted by molar-refractivity contribution is 6.14. The third-order valence-electron chi connectivity index (χ3n) is 4.73. The van der Waals surface area contributed by atoms with E-state index in [9.17, 15) is 9.59 Å². The third kappa shape index (κ3) is 3.60. The Bertz CT molecular complexity index is 815. The number of carbonyl (C=O) groups excluding carboxylic acids is 2. The first-order valence-electron chi connectivity index (χ1n) is 8.87. The minimum Gasteiger partial charge on any atom is -0.497 e. The number of hydrogen-bond donors (Lipinski definition) is 0. The number of amides is 2. The van der Waals surface area contributed by atoms with Crippen molar-refractivity contribution in [3.63, 3.8) is 0 Å². The fraction of sp³-hybridized carbons (Fsp3) is 0.333. The number of methoxy groups -OCH3 is 2. The van der Waals surface area contributed by atoms with Gasteiger partial charge in [0.25, 0.3) is 5.91 Å². The number of rotatable bonds is 5. The van der Waals surface area contributed by atoms with E-state index in [1.54, 1.807) is 60.4 Å². The summed E-state index contributed by atoms with van der Waals surface area (Å²) in [5.74, 6) is 1.16. The van der Waals surface area contributed by atoms with Crippen LogP contribution < -0.4 is 19.3 Å².